The Balaban J connectivity index is 1.70. The number of amides is 3. The molecule has 1 N–H and O–H groups in total. The third-order valence-corrected chi connectivity index (χ3v) is 4.67. The van der Waals surface area contributed by atoms with Crippen LogP contribution in [-0.4, -0.2) is 34.9 Å². The molecule has 0 spiro atoms. The fourth-order valence-electron chi connectivity index (χ4n) is 2.92. The van der Waals surface area contributed by atoms with Crippen molar-refractivity contribution in [2.24, 2.45) is 0 Å². The van der Waals surface area contributed by atoms with Crippen molar-refractivity contribution in [3.8, 4) is 5.75 Å². The summed E-state index contributed by atoms with van der Waals surface area (Å²) in [6.45, 7) is 1.34. The Hall–Kier alpha value is -3.20. The summed E-state index contributed by atoms with van der Waals surface area (Å²) in [4.78, 5) is 36.3. The van der Waals surface area contributed by atoms with Gasteiger partial charge in [-0.05, 0) is 25.1 Å². The van der Waals surface area contributed by atoms with Crippen molar-refractivity contribution in [2.45, 2.75) is 12.5 Å². The maximum atomic E-state index is 13.3. The zero-order valence-electron chi connectivity index (χ0n) is 14.6. The molecule has 1 heterocycles. The van der Waals surface area contributed by atoms with Crippen LogP contribution in [0.1, 0.15) is 12.5 Å². The van der Waals surface area contributed by atoms with Crippen LogP contribution in [0.5, 0.6) is 5.75 Å². The predicted molar refractivity (Wildman–Crippen MR) is 97.6 cm³/mol. The molecule has 2 aromatic carbocycles. The summed E-state index contributed by atoms with van der Waals surface area (Å²) in [7, 11) is 0. The highest BCUT2D eigenvalue weighted by Crippen LogP contribution is 2.33. The number of rotatable bonds is 6. The van der Waals surface area contributed by atoms with E-state index in [1.807, 2.05) is 0 Å². The number of nitro benzene ring substituents is 1. The van der Waals surface area contributed by atoms with Gasteiger partial charge in [0.05, 0.1) is 17.5 Å². The first-order valence-electron chi connectivity index (χ1n) is 8.19. The third kappa shape index (κ3) is 3.61. The van der Waals surface area contributed by atoms with Crippen LogP contribution in [0.25, 0.3) is 0 Å². The summed E-state index contributed by atoms with van der Waals surface area (Å²) in [6, 6.07) is 8.48. The van der Waals surface area contributed by atoms with Crippen molar-refractivity contribution in [1.29, 1.82) is 0 Å². The number of nitrogens with one attached hydrogen (secondary N) is 1. The summed E-state index contributed by atoms with van der Waals surface area (Å²) in [5, 5.41) is 13.4. The lowest BCUT2D eigenvalue weighted by molar-refractivity contribution is -0.384. The van der Waals surface area contributed by atoms with E-state index in [1.54, 1.807) is 0 Å². The molecule has 146 valence electrons. The third-order valence-electron chi connectivity index (χ3n) is 4.36. The van der Waals surface area contributed by atoms with Gasteiger partial charge >= 0.3 is 6.03 Å². The topological polar surface area (TPSA) is 102 Å². The maximum absolute atomic E-state index is 13.3. The SMILES string of the molecule is CC1(c2ccc(F)cc2Cl)NC(=O)N(CCOc2cccc([N+](=O)[O-])c2)C1=O. The second-order valence-corrected chi connectivity index (χ2v) is 6.65. The Morgan fingerprint density at radius 1 is 1.29 bits per heavy atom. The van der Waals surface area contributed by atoms with E-state index >= 15 is 0 Å². The van der Waals surface area contributed by atoms with E-state index < -0.39 is 28.2 Å². The van der Waals surface area contributed by atoms with Crippen molar-refractivity contribution in [3.63, 3.8) is 0 Å². The summed E-state index contributed by atoms with van der Waals surface area (Å²) in [6.07, 6.45) is 0. The molecule has 1 atom stereocenters. The van der Waals surface area contributed by atoms with Gasteiger partial charge in [0.2, 0.25) is 0 Å². The lowest BCUT2D eigenvalue weighted by Crippen LogP contribution is -2.41. The van der Waals surface area contributed by atoms with E-state index in [0.717, 1.165) is 17.0 Å². The average Bonchev–Trinajstić information content (AvgIpc) is 2.85. The molecule has 0 radical (unpaired) electrons. The Bertz CT molecular complexity index is 970. The van der Waals surface area contributed by atoms with Crippen molar-refractivity contribution in [3.05, 3.63) is 69.0 Å². The zero-order valence-corrected chi connectivity index (χ0v) is 15.4. The average molecular weight is 408 g/mol. The smallest absolute Gasteiger partial charge is 0.325 e. The van der Waals surface area contributed by atoms with Crippen LogP contribution < -0.4 is 10.1 Å². The van der Waals surface area contributed by atoms with Gasteiger partial charge in [-0.25, -0.2) is 9.18 Å². The summed E-state index contributed by atoms with van der Waals surface area (Å²) >= 11 is 6.04. The monoisotopic (exact) mass is 407 g/mol. The second kappa shape index (κ2) is 7.43. The van der Waals surface area contributed by atoms with Gasteiger partial charge in [-0.1, -0.05) is 23.7 Å². The number of hydrogen-bond acceptors (Lipinski definition) is 5. The number of imide groups is 1. The van der Waals surface area contributed by atoms with Crippen LogP contribution in [0.4, 0.5) is 14.9 Å². The molecule has 1 fully saturated rings. The van der Waals surface area contributed by atoms with Crippen molar-refractivity contribution < 1.29 is 23.6 Å². The molecule has 0 aromatic heterocycles. The maximum Gasteiger partial charge on any atom is 0.325 e. The Morgan fingerprint density at radius 3 is 2.71 bits per heavy atom. The normalized spacial score (nSPS) is 18.9. The molecule has 28 heavy (non-hydrogen) atoms. The number of carbonyl (C=O) groups excluding carboxylic acids is 2. The van der Waals surface area contributed by atoms with E-state index in [2.05, 4.69) is 5.32 Å². The molecule has 3 amide bonds. The quantitative estimate of drug-likeness (QED) is 0.450. The second-order valence-electron chi connectivity index (χ2n) is 6.24. The Morgan fingerprint density at radius 2 is 2.04 bits per heavy atom. The van der Waals surface area contributed by atoms with Gasteiger partial charge in [0.1, 0.15) is 23.7 Å². The van der Waals surface area contributed by atoms with Crippen LogP contribution in [0.15, 0.2) is 42.5 Å². The fraction of sp³-hybridized carbons (Fsp3) is 0.222. The number of nitrogens with zero attached hydrogens (tertiary/aromatic N) is 2. The standard InChI is InChI=1S/C18H15ClFN3O5/c1-18(14-6-5-11(20)9-15(14)19)16(24)22(17(25)21-18)7-8-28-13-4-2-3-12(10-13)23(26)27/h2-6,9-10H,7-8H2,1H3,(H,21,25). The molecule has 0 bridgehead atoms. The Labute approximate surface area is 164 Å². The highest BCUT2D eigenvalue weighted by atomic mass is 35.5. The fourth-order valence-corrected chi connectivity index (χ4v) is 3.28. The van der Waals surface area contributed by atoms with Crippen LogP contribution in [-0.2, 0) is 10.3 Å². The Kier molecular flexibility index (Phi) is 5.19. The van der Waals surface area contributed by atoms with Crippen LogP contribution in [0.3, 0.4) is 0 Å². The molecule has 2 aromatic rings. The molecule has 8 nitrogen and oxygen atoms in total. The highest BCUT2D eigenvalue weighted by molar-refractivity contribution is 6.32. The molecule has 0 aliphatic carbocycles. The molecule has 10 heteroatoms. The highest BCUT2D eigenvalue weighted by Gasteiger charge is 2.49. The van der Waals surface area contributed by atoms with E-state index in [4.69, 9.17) is 16.3 Å². The molecule has 1 aliphatic rings. The van der Waals surface area contributed by atoms with Gasteiger partial charge in [-0.15, -0.1) is 0 Å². The molecule has 1 saturated heterocycles. The summed E-state index contributed by atoms with van der Waals surface area (Å²) in [5.74, 6) is -0.879. The number of hydrogen-bond donors (Lipinski definition) is 1. The number of non-ortho nitro benzene ring substituents is 1. The first kappa shape index (κ1) is 19.6. The number of ether oxygens (including phenoxy) is 1. The van der Waals surface area contributed by atoms with Gasteiger partial charge in [0, 0.05) is 16.7 Å². The number of urea groups is 1. The number of carbonyl (C=O) groups is 2. The molecule has 0 saturated carbocycles. The van der Waals surface area contributed by atoms with Gasteiger partial charge in [0.15, 0.2) is 0 Å². The molecule has 3 rings (SSSR count). The molecule has 1 unspecified atom stereocenters. The van der Waals surface area contributed by atoms with Crippen LogP contribution >= 0.6 is 11.6 Å². The van der Waals surface area contributed by atoms with Gasteiger partial charge in [0.25, 0.3) is 11.6 Å². The minimum absolute atomic E-state index is 0.0193. The van der Waals surface area contributed by atoms with Crippen molar-refractivity contribution in [2.75, 3.05) is 13.2 Å². The van der Waals surface area contributed by atoms with Gasteiger partial charge < -0.3 is 10.1 Å². The largest absolute Gasteiger partial charge is 0.491 e. The number of halogens is 2. The zero-order chi connectivity index (χ0) is 20.5. The number of nitro groups is 1. The van der Waals surface area contributed by atoms with E-state index in [-0.39, 0.29) is 35.2 Å². The molecular weight excluding hydrogens is 393 g/mol. The van der Waals surface area contributed by atoms with E-state index in [0.29, 0.717) is 0 Å². The first-order chi connectivity index (χ1) is 13.2. The minimum Gasteiger partial charge on any atom is -0.491 e. The van der Waals surface area contributed by atoms with Crippen molar-refractivity contribution >= 4 is 29.2 Å². The van der Waals surface area contributed by atoms with E-state index in [9.17, 15) is 24.1 Å². The predicted octanol–water partition coefficient (Wildman–Crippen LogP) is 3.23. The summed E-state index contributed by atoms with van der Waals surface area (Å²) in [5.41, 5.74) is -1.30. The van der Waals surface area contributed by atoms with E-state index in [1.165, 1.54) is 37.3 Å². The van der Waals surface area contributed by atoms with Crippen LogP contribution in [0, 0.1) is 15.9 Å². The summed E-state index contributed by atoms with van der Waals surface area (Å²) < 4.78 is 18.7. The lowest BCUT2D eigenvalue weighted by atomic mass is 9.92. The van der Waals surface area contributed by atoms with Crippen molar-refractivity contribution in [1.82, 2.24) is 10.2 Å². The van der Waals surface area contributed by atoms with Crippen LogP contribution in [0.2, 0.25) is 5.02 Å². The molecule has 1 aliphatic heterocycles. The lowest BCUT2D eigenvalue weighted by Gasteiger charge is -2.23. The van der Waals surface area contributed by atoms with Gasteiger partial charge in [-0.2, -0.15) is 0 Å². The minimum atomic E-state index is -1.44. The molecular formula is C18H15ClFN3O5. The van der Waals surface area contributed by atoms with Gasteiger partial charge in [-0.3, -0.25) is 19.8 Å². The first-order valence-corrected chi connectivity index (χ1v) is 8.57. The number of benzene rings is 2.